The number of rotatable bonds is 3. The van der Waals surface area contributed by atoms with E-state index in [0.29, 0.717) is 5.56 Å². The van der Waals surface area contributed by atoms with Crippen LogP contribution in [-0.2, 0) is 0 Å². The highest BCUT2D eigenvalue weighted by Crippen LogP contribution is 2.43. The Labute approximate surface area is 273 Å². The number of fused-ring (bicyclic) bond motifs is 10. The fourth-order valence-corrected chi connectivity index (χ4v) is 8.56. The highest BCUT2D eigenvalue weighted by Gasteiger charge is 2.19. The zero-order valence-corrected chi connectivity index (χ0v) is 25.9. The summed E-state index contributed by atoms with van der Waals surface area (Å²) in [5.41, 5.74) is 9.14. The second-order valence-electron chi connectivity index (χ2n) is 12.0. The lowest BCUT2D eigenvalue weighted by Crippen LogP contribution is -1.97. The lowest BCUT2D eigenvalue weighted by Gasteiger charge is -2.13. The SMILES string of the molecule is N#Cc1cc(-c2cccc(-n3c4cnccc4c4c5c(ccc43)sc3ccccc35)c2)cc(-n2c3ccccc3c3ccccc32)c1. The minimum atomic E-state index is 0.623. The van der Waals surface area contributed by atoms with E-state index in [9.17, 15) is 5.26 Å². The maximum atomic E-state index is 10.2. The molecule has 0 radical (unpaired) electrons. The molecule has 47 heavy (non-hydrogen) atoms. The Bertz CT molecular complexity index is 2880. The second-order valence-corrected chi connectivity index (χ2v) is 13.0. The van der Waals surface area contributed by atoms with Crippen LogP contribution >= 0.6 is 11.3 Å². The Morgan fingerprint density at radius 2 is 1.23 bits per heavy atom. The minimum Gasteiger partial charge on any atom is -0.309 e. The van der Waals surface area contributed by atoms with Crippen molar-refractivity contribution in [2.45, 2.75) is 0 Å². The summed E-state index contributed by atoms with van der Waals surface area (Å²) < 4.78 is 7.18. The van der Waals surface area contributed by atoms with Crippen LogP contribution in [-0.4, -0.2) is 14.1 Å². The van der Waals surface area contributed by atoms with Gasteiger partial charge < -0.3 is 9.13 Å². The molecule has 0 N–H and O–H groups in total. The Hall–Kier alpha value is -6.22. The first-order valence-corrected chi connectivity index (χ1v) is 16.4. The van der Waals surface area contributed by atoms with Gasteiger partial charge in [0, 0.05) is 59.3 Å². The smallest absolute Gasteiger partial charge is 0.0992 e. The van der Waals surface area contributed by atoms with Gasteiger partial charge in [-0.15, -0.1) is 11.3 Å². The zero-order chi connectivity index (χ0) is 31.1. The summed E-state index contributed by atoms with van der Waals surface area (Å²) in [7, 11) is 0. The highest BCUT2D eigenvalue weighted by molar-refractivity contribution is 7.26. The van der Waals surface area contributed by atoms with Gasteiger partial charge in [0.15, 0.2) is 0 Å². The Morgan fingerprint density at radius 1 is 0.511 bits per heavy atom. The lowest BCUT2D eigenvalue weighted by atomic mass is 10.0. The number of benzene rings is 6. The van der Waals surface area contributed by atoms with Crippen molar-refractivity contribution in [3.8, 4) is 28.6 Å². The average Bonchev–Trinajstić information content (AvgIpc) is 3.79. The Balaban J connectivity index is 1.21. The van der Waals surface area contributed by atoms with E-state index in [1.807, 2.05) is 35.9 Å². The Kier molecular flexibility index (Phi) is 5.48. The molecule has 0 spiro atoms. The topological polar surface area (TPSA) is 46.5 Å². The van der Waals surface area contributed by atoms with Gasteiger partial charge in [0.25, 0.3) is 0 Å². The molecule has 0 unspecified atom stereocenters. The summed E-state index contributed by atoms with van der Waals surface area (Å²) in [6.45, 7) is 0. The van der Waals surface area contributed by atoms with E-state index in [1.165, 1.54) is 41.7 Å². The molecule has 5 heteroatoms. The van der Waals surface area contributed by atoms with Crippen LogP contribution in [0.3, 0.4) is 0 Å². The van der Waals surface area contributed by atoms with E-state index in [-0.39, 0.29) is 0 Å². The van der Waals surface area contributed by atoms with E-state index < -0.39 is 0 Å². The van der Waals surface area contributed by atoms with Gasteiger partial charge in [-0.05, 0) is 77.9 Å². The summed E-state index contributed by atoms with van der Waals surface area (Å²) in [6.07, 6.45) is 3.86. The lowest BCUT2D eigenvalue weighted by molar-refractivity contribution is 1.16. The summed E-state index contributed by atoms with van der Waals surface area (Å²) in [4.78, 5) is 4.56. The van der Waals surface area contributed by atoms with E-state index >= 15 is 0 Å². The number of thiophene rings is 1. The van der Waals surface area contributed by atoms with Crippen molar-refractivity contribution < 1.29 is 0 Å². The van der Waals surface area contributed by atoms with Crippen LogP contribution < -0.4 is 0 Å². The number of nitriles is 1. The molecule has 218 valence electrons. The largest absolute Gasteiger partial charge is 0.309 e. The van der Waals surface area contributed by atoms with Crippen LogP contribution in [0.4, 0.5) is 0 Å². The molecule has 0 aliphatic carbocycles. The average molecular weight is 617 g/mol. The molecule has 0 bridgehead atoms. The highest BCUT2D eigenvalue weighted by atomic mass is 32.1. The van der Waals surface area contributed by atoms with Gasteiger partial charge in [0.05, 0.1) is 39.9 Å². The molecule has 0 atom stereocenters. The molecule has 10 aromatic rings. The summed E-state index contributed by atoms with van der Waals surface area (Å²) in [5.74, 6) is 0. The summed E-state index contributed by atoms with van der Waals surface area (Å²) >= 11 is 1.84. The van der Waals surface area contributed by atoms with Crippen LogP contribution in [0.5, 0.6) is 0 Å². The molecule has 0 fully saturated rings. The van der Waals surface area contributed by atoms with Crippen molar-refractivity contribution in [3.63, 3.8) is 0 Å². The molecule has 10 rings (SSSR count). The maximum absolute atomic E-state index is 10.2. The van der Waals surface area contributed by atoms with Crippen LogP contribution in [0.1, 0.15) is 5.56 Å². The van der Waals surface area contributed by atoms with Gasteiger partial charge in [0.1, 0.15) is 0 Å². The summed E-state index contributed by atoms with van der Waals surface area (Å²) in [6, 6.07) is 49.5. The van der Waals surface area contributed by atoms with E-state index in [1.54, 1.807) is 0 Å². The van der Waals surface area contributed by atoms with Gasteiger partial charge >= 0.3 is 0 Å². The van der Waals surface area contributed by atoms with Crippen LogP contribution in [0.25, 0.3) is 86.3 Å². The first kappa shape index (κ1) is 26.0. The standard InChI is InChI=1S/C42H24N4S/c43-24-26-20-28(23-30(21-26)46-35-13-4-1-10-31(35)32-11-2-5-14-36(32)46)27-8-7-9-29(22-27)45-37-16-17-40-42(34-12-3-6-15-39(34)47-40)41(37)33-18-19-44-25-38(33)45/h1-23,25H. The van der Waals surface area contributed by atoms with Gasteiger partial charge in [0.2, 0.25) is 0 Å². The third-order valence-electron chi connectivity index (χ3n) is 9.40. The first-order valence-electron chi connectivity index (χ1n) is 15.6. The second kappa shape index (κ2) is 9.89. The monoisotopic (exact) mass is 616 g/mol. The Morgan fingerprint density at radius 3 is 2.04 bits per heavy atom. The van der Waals surface area contributed by atoms with Gasteiger partial charge in [-0.2, -0.15) is 5.26 Å². The first-order chi connectivity index (χ1) is 23.3. The maximum Gasteiger partial charge on any atom is 0.0992 e. The van der Waals surface area contributed by atoms with Crippen LogP contribution in [0.2, 0.25) is 0 Å². The normalized spacial score (nSPS) is 11.8. The van der Waals surface area contributed by atoms with E-state index in [2.05, 4.69) is 142 Å². The molecule has 0 saturated carbocycles. The quantitative estimate of drug-likeness (QED) is 0.198. The van der Waals surface area contributed by atoms with Crippen LogP contribution in [0, 0.1) is 11.3 Å². The molecular formula is C42H24N4S. The number of pyridine rings is 1. The molecule has 4 heterocycles. The predicted molar refractivity (Wildman–Crippen MR) is 196 cm³/mol. The van der Waals surface area contributed by atoms with Crippen molar-refractivity contribution in [1.29, 1.82) is 5.26 Å². The van der Waals surface area contributed by atoms with E-state index in [0.717, 1.165) is 44.6 Å². The number of para-hydroxylation sites is 2. The van der Waals surface area contributed by atoms with Crippen molar-refractivity contribution in [1.82, 2.24) is 14.1 Å². The van der Waals surface area contributed by atoms with Crippen molar-refractivity contribution in [2.75, 3.05) is 0 Å². The fourth-order valence-electron chi connectivity index (χ4n) is 7.45. The molecule has 0 amide bonds. The van der Waals surface area contributed by atoms with Crippen molar-refractivity contribution in [2.24, 2.45) is 0 Å². The molecule has 0 aliphatic heterocycles. The fraction of sp³-hybridized carbons (Fsp3) is 0. The zero-order valence-electron chi connectivity index (χ0n) is 25.1. The number of hydrogen-bond donors (Lipinski definition) is 0. The van der Waals surface area contributed by atoms with Crippen LogP contribution in [0.15, 0.2) is 146 Å². The summed E-state index contributed by atoms with van der Waals surface area (Å²) in [5, 5.41) is 17.6. The third-order valence-corrected chi connectivity index (χ3v) is 10.5. The van der Waals surface area contributed by atoms with Gasteiger partial charge in [-0.25, -0.2) is 0 Å². The minimum absolute atomic E-state index is 0.623. The molecule has 6 aromatic carbocycles. The van der Waals surface area contributed by atoms with E-state index in [4.69, 9.17) is 0 Å². The van der Waals surface area contributed by atoms with Crippen molar-refractivity contribution >= 4 is 75.1 Å². The molecular weight excluding hydrogens is 593 g/mol. The van der Waals surface area contributed by atoms with Crippen molar-refractivity contribution in [3.05, 3.63) is 151 Å². The van der Waals surface area contributed by atoms with Gasteiger partial charge in [-0.1, -0.05) is 66.7 Å². The number of hydrogen-bond acceptors (Lipinski definition) is 3. The third kappa shape index (κ3) is 3.77. The molecule has 4 nitrogen and oxygen atoms in total. The molecule has 0 saturated heterocycles. The number of nitrogens with zero attached hydrogens (tertiary/aromatic N) is 4. The van der Waals surface area contributed by atoms with Gasteiger partial charge in [-0.3, -0.25) is 4.98 Å². The predicted octanol–water partition coefficient (Wildman–Crippen LogP) is 11.2. The molecule has 4 aromatic heterocycles. The molecule has 0 aliphatic rings. The number of aromatic nitrogens is 3.